The Hall–Kier alpha value is -2.44. The summed E-state index contributed by atoms with van der Waals surface area (Å²) in [4.78, 5) is 34.2. The van der Waals surface area contributed by atoms with Crippen molar-refractivity contribution in [2.75, 3.05) is 20.8 Å². The molecule has 0 aliphatic carbocycles. The smallest absolute Gasteiger partial charge is 0.328 e. The van der Waals surface area contributed by atoms with Crippen LogP contribution in [0.15, 0.2) is 30.3 Å². The summed E-state index contributed by atoms with van der Waals surface area (Å²) in [5, 5.41) is 10.6. The van der Waals surface area contributed by atoms with Gasteiger partial charge < -0.3 is 9.47 Å². The number of nitro groups is 1. The number of nitrogens with zero attached hydrogens (tertiary/aromatic N) is 1. The summed E-state index contributed by atoms with van der Waals surface area (Å²) >= 11 is 0. The Balaban J connectivity index is 3.37. The van der Waals surface area contributed by atoms with E-state index >= 15 is 0 Å². The second-order valence-corrected chi connectivity index (χ2v) is 4.06. The highest BCUT2D eigenvalue weighted by Gasteiger charge is 2.51. The molecule has 0 radical (unpaired) electrons. The number of esters is 2. The quantitative estimate of drug-likeness (QED) is 0.333. The van der Waals surface area contributed by atoms with Crippen LogP contribution >= 0.6 is 0 Å². The molecule has 0 saturated heterocycles. The first kappa shape index (κ1) is 15.6. The van der Waals surface area contributed by atoms with Crippen LogP contribution in [-0.2, 0) is 24.5 Å². The molecule has 0 amide bonds. The molecule has 0 bridgehead atoms. The summed E-state index contributed by atoms with van der Waals surface area (Å²) < 4.78 is 9.33. The summed E-state index contributed by atoms with van der Waals surface area (Å²) in [6.45, 7) is -0.556. The molecule has 0 aliphatic heterocycles. The summed E-state index contributed by atoms with van der Waals surface area (Å²) in [6, 6.07) is 8.03. The Morgan fingerprint density at radius 2 is 1.65 bits per heavy atom. The van der Waals surface area contributed by atoms with Gasteiger partial charge in [0.15, 0.2) is 5.41 Å². The van der Waals surface area contributed by atoms with E-state index in [1.54, 1.807) is 18.2 Å². The van der Waals surface area contributed by atoms with Crippen molar-refractivity contribution in [3.8, 4) is 0 Å². The number of methoxy groups -OCH3 is 2. The normalized spacial score (nSPS) is 10.7. The average molecular weight is 281 g/mol. The monoisotopic (exact) mass is 281 g/mol. The highest BCUT2D eigenvalue weighted by molar-refractivity contribution is 6.06. The molecule has 0 aliphatic rings. The van der Waals surface area contributed by atoms with Crippen LogP contribution in [0.1, 0.15) is 12.0 Å². The van der Waals surface area contributed by atoms with Crippen LogP contribution in [0.2, 0.25) is 0 Å². The zero-order valence-electron chi connectivity index (χ0n) is 11.2. The highest BCUT2D eigenvalue weighted by Crippen LogP contribution is 2.31. The average Bonchev–Trinajstić information content (AvgIpc) is 2.47. The van der Waals surface area contributed by atoms with E-state index in [4.69, 9.17) is 0 Å². The molecule has 0 spiro atoms. The maximum atomic E-state index is 12.1. The minimum absolute atomic E-state index is 0.306. The molecule has 1 aromatic rings. The lowest BCUT2D eigenvalue weighted by atomic mass is 9.77. The van der Waals surface area contributed by atoms with E-state index in [1.807, 2.05) is 0 Å². The lowest BCUT2D eigenvalue weighted by molar-refractivity contribution is -0.481. The topological polar surface area (TPSA) is 95.7 Å². The Morgan fingerprint density at radius 1 is 1.15 bits per heavy atom. The molecule has 0 aromatic heterocycles. The zero-order valence-corrected chi connectivity index (χ0v) is 11.2. The Morgan fingerprint density at radius 3 is 2.05 bits per heavy atom. The van der Waals surface area contributed by atoms with Crippen LogP contribution in [0.4, 0.5) is 0 Å². The van der Waals surface area contributed by atoms with Gasteiger partial charge in [-0.05, 0) is 5.56 Å². The van der Waals surface area contributed by atoms with Gasteiger partial charge in [-0.2, -0.15) is 0 Å². The van der Waals surface area contributed by atoms with Crippen molar-refractivity contribution in [1.29, 1.82) is 0 Å². The molecule has 1 aromatic carbocycles. The molecule has 0 heterocycles. The minimum atomic E-state index is -1.82. The largest absolute Gasteiger partial charge is 0.468 e. The molecule has 108 valence electrons. The van der Waals surface area contributed by atoms with Gasteiger partial charge in [0, 0.05) is 11.3 Å². The number of rotatable bonds is 6. The molecular weight excluding hydrogens is 266 g/mol. The molecule has 20 heavy (non-hydrogen) atoms. The van der Waals surface area contributed by atoms with E-state index in [0.29, 0.717) is 5.56 Å². The third-order valence-corrected chi connectivity index (χ3v) is 3.00. The summed E-state index contributed by atoms with van der Waals surface area (Å²) in [7, 11) is 2.24. The Kier molecular flexibility index (Phi) is 5.19. The number of hydrogen-bond donors (Lipinski definition) is 0. The summed E-state index contributed by atoms with van der Waals surface area (Å²) in [5.41, 5.74) is -1.52. The van der Waals surface area contributed by atoms with Crippen molar-refractivity contribution >= 4 is 11.9 Å². The van der Waals surface area contributed by atoms with Crippen molar-refractivity contribution in [3.05, 3.63) is 46.0 Å². The minimum Gasteiger partial charge on any atom is -0.468 e. The molecular formula is C13H15NO6. The van der Waals surface area contributed by atoms with E-state index in [-0.39, 0.29) is 6.42 Å². The van der Waals surface area contributed by atoms with Crippen LogP contribution in [0.25, 0.3) is 0 Å². The summed E-state index contributed by atoms with van der Waals surface area (Å²) in [6.07, 6.45) is -0.330. The van der Waals surface area contributed by atoms with Crippen LogP contribution in [0.3, 0.4) is 0 Å². The van der Waals surface area contributed by atoms with Gasteiger partial charge >= 0.3 is 11.9 Å². The lowest BCUT2D eigenvalue weighted by Gasteiger charge is -2.27. The SMILES string of the molecule is COC(=O)C(CC[N+](=O)[O-])(C(=O)OC)c1ccccc1. The zero-order chi connectivity index (χ0) is 15.2. The number of carbonyl (C=O) groups is 2. The molecule has 1 rings (SSSR count). The van der Waals surface area contributed by atoms with E-state index < -0.39 is 28.8 Å². The molecule has 0 atom stereocenters. The molecule has 0 N–H and O–H groups in total. The van der Waals surface area contributed by atoms with Gasteiger partial charge in [-0.15, -0.1) is 0 Å². The Labute approximate surface area is 115 Å². The first-order valence-electron chi connectivity index (χ1n) is 5.83. The maximum absolute atomic E-state index is 12.1. The third-order valence-electron chi connectivity index (χ3n) is 3.00. The first-order chi connectivity index (χ1) is 9.48. The van der Waals surface area contributed by atoms with E-state index in [9.17, 15) is 19.7 Å². The van der Waals surface area contributed by atoms with Crippen LogP contribution in [0.5, 0.6) is 0 Å². The second-order valence-electron chi connectivity index (χ2n) is 4.06. The molecule has 7 nitrogen and oxygen atoms in total. The van der Waals surface area contributed by atoms with Crippen molar-refractivity contribution < 1.29 is 24.0 Å². The van der Waals surface area contributed by atoms with Crippen LogP contribution in [-0.4, -0.2) is 37.6 Å². The van der Waals surface area contributed by atoms with Gasteiger partial charge in [-0.3, -0.25) is 19.7 Å². The van der Waals surface area contributed by atoms with Crippen LogP contribution < -0.4 is 0 Å². The van der Waals surface area contributed by atoms with Gasteiger partial charge in [0.25, 0.3) is 0 Å². The second kappa shape index (κ2) is 6.65. The molecule has 0 saturated carbocycles. The number of hydrogen-bond acceptors (Lipinski definition) is 6. The van der Waals surface area contributed by atoms with Crippen molar-refractivity contribution in [3.63, 3.8) is 0 Å². The fourth-order valence-electron chi connectivity index (χ4n) is 2.00. The van der Waals surface area contributed by atoms with Gasteiger partial charge in [-0.1, -0.05) is 30.3 Å². The standard InChI is InChI=1S/C13H15NO6/c1-19-11(15)13(12(16)20-2,8-9-14(17)18)10-6-4-3-5-7-10/h3-7H,8-9H2,1-2H3. The molecule has 0 unspecified atom stereocenters. The lowest BCUT2D eigenvalue weighted by Crippen LogP contribution is -2.46. The van der Waals surface area contributed by atoms with Gasteiger partial charge in [0.2, 0.25) is 6.54 Å². The van der Waals surface area contributed by atoms with Crippen molar-refractivity contribution in [2.24, 2.45) is 0 Å². The number of benzene rings is 1. The van der Waals surface area contributed by atoms with Crippen LogP contribution in [0, 0.1) is 10.1 Å². The number of ether oxygens (including phenoxy) is 2. The van der Waals surface area contributed by atoms with E-state index in [2.05, 4.69) is 9.47 Å². The highest BCUT2D eigenvalue weighted by atomic mass is 16.6. The fraction of sp³-hybridized carbons (Fsp3) is 0.385. The van der Waals surface area contributed by atoms with E-state index in [0.717, 1.165) is 14.2 Å². The number of carbonyl (C=O) groups excluding carboxylic acids is 2. The van der Waals surface area contributed by atoms with Crippen molar-refractivity contribution in [1.82, 2.24) is 0 Å². The Bertz CT molecular complexity index is 483. The predicted molar refractivity (Wildman–Crippen MR) is 68.6 cm³/mol. The van der Waals surface area contributed by atoms with E-state index in [1.165, 1.54) is 12.1 Å². The fourth-order valence-corrected chi connectivity index (χ4v) is 2.00. The van der Waals surface area contributed by atoms with Crippen molar-refractivity contribution in [2.45, 2.75) is 11.8 Å². The molecule has 0 fully saturated rings. The third kappa shape index (κ3) is 2.93. The predicted octanol–water partition coefficient (Wildman–Crippen LogP) is 0.937. The van der Waals surface area contributed by atoms with Gasteiger partial charge in [0.05, 0.1) is 14.2 Å². The molecule has 7 heteroatoms. The first-order valence-corrected chi connectivity index (χ1v) is 5.83. The maximum Gasteiger partial charge on any atom is 0.328 e. The van der Waals surface area contributed by atoms with Gasteiger partial charge in [-0.25, -0.2) is 0 Å². The van der Waals surface area contributed by atoms with Gasteiger partial charge in [0.1, 0.15) is 0 Å². The summed E-state index contributed by atoms with van der Waals surface area (Å²) in [5.74, 6) is -1.75.